The highest BCUT2D eigenvalue weighted by atomic mass is 15.0. The summed E-state index contributed by atoms with van der Waals surface area (Å²) in [5.41, 5.74) is 13.4. The Balaban J connectivity index is 1.32. The molecule has 10 rings (SSSR count). The summed E-state index contributed by atoms with van der Waals surface area (Å²) in [7, 11) is 0. The number of fused-ring (bicyclic) bond motifs is 9. The molecule has 2 nitrogen and oxygen atoms in total. The first-order valence-corrected chi connectivity index (χ1v) is 15.6. The molecular weight excluding hydrogens is 544 g/mol. The van der Waals surface area contributed by atoms with E-state index >= 15 is 0 Å². The molecule has 2 heterocycles. The molecule has 0 unspecified atom stereocenters. The topological polar surface area (TPSA) is 20.7 Å². The molecule has 0 radical (unpaired) electrons. The van der Waals surface area contributed by atoms with E-state index in [1.54, 1.807) is 0 Å². The molecule has 0 aliphatic heterocycles. The molecule has 0 fully saturated rings. The Kier molecular flexibility index (Phi) is 4.95. The Morgan fingerprint density at radius 3 is 1.76 bits per heavy atom. The Morgan fingerprint density at radius 2 is 1.00 bits per heavy atom. The van der Waals surface area contributed by atoms with Gasteiger partial charge in [-0.3, -0.25) is 0 Å². The molecule has 1 aliphatic carbocycles. The summed E-state index contributed by atoms with van der Waals surface area (Å²) in [5, 5.41) is 5.02. The summed E-state index contributed by atoms with van der Waals surface area (Å²) >= 11 is 0. The number of rotatable bonds is 3. The highest BCUT2D eigenvalue weighted by Gasteiger charge is 2.46. The van der Waals surface area contributed by atoms with Crippen molar-refractivity contribution < 1.29 is 0 Å². The van der Waals surface area contributed by atoms with Gasteiger partial charge in [0, 0.05) is 38.3 Å². The summed E-state index contributed by atoms with van der Waals surface area (Å²) in [6.45, 7) is 0. The lowest BCUT2D eigenvalue weighted by atomic mass is 9.67. The van der Waals surface area contributed by atoms with Crippen LogP contribution >= 0.6 is 0 Å². The molecule has 2 heteroatoms. The van der Waals surface area contributed by atoms with Gasteiger partial charge in [-0.1, -0.05) is 121 Å². The average molecular weight is 573 g/mol. The first-order chi connectivity index (χ1) is 22.3. The number of aromatic nitrogens is 2. The molecule has 1 aliphatic rings. The number of nitrogens with one attached hydrogen (secondary N) is 1. The number of H-pyrrole nitrogens is 1. The van der Waals surface area contributed by atoms with Crippen molar-refractivity contribution in [3.63, 3.8) is 0 Å². The van der Waals surface area contributed by atoms with E-state index in [1.807, 2.05) is 0 Å². The van der Waals surface area contributed by atoms with E-state index in [1.165, 1.54) is 71.6 Å². The maximum absolute atomic E-state index is 3.87. The van der Waals surface area contributed by atoms with Gasteiger partial charge < -0.3 is 9.55 Å². The van der Waals surface area contributed by atoms with Crippen molar-refractivity contribution in [2.24, 2.45) is 0 Å². The van der Waals surface area contributed by atoms with E-state index in [4.69, 9.17) is 0 Å². The third-order valence-electron chi connectivity index (χ3n) is 9.98. The van der Waals surface area contributed by atoms with Gasteiger partial charge in [-0.25, -0.2) is 0 Å². The molecule has 0 bridgehead atoms. The number of aromatic amines is 1. The molecule has 0 amide bonds. The summed E-state index contributed by atoms with van der Waals surface area (Å²) in [6, 6.07) is 60.1. The van der Waals surface area contributed by atoms with Gasteiger partial charge in [-0.2, -0.15) is 0 Å². The summed E-state index contributed by atoms with van der Waals surface area (Å²) in [5.74, 6) is 0. The lowest BCUT2D eigenvalue weighted by Gasteiger charge is -2.33. The standard InChI is InChI=1S/C43H28N2/c1-4-14-28(15-5-1)43(29-16-6-2-7-17-29)37-22-12-10-20-31(37)33-24-34-35-26-42-36(25-39(35)44-40(34)27-38(33)43)32-21-11-13-23-41(32)45(42)30-18-8-3-9-19-30/h1-27,44H. The van der Waals surface area contributed by atoms with E-state index < -0.39 is 5.41 Å². The molecule has 7 aromatic carbocycles. The SMILES string of the molecule is c1ccc(-n2c3ccccc3c3cc4[nH]c5cc6c(cc5c4cc32)-c2ccccc2C6(c2ccccc2)c2ccccc2)cc1. The molecule has 45 heavy (non-hydrogen) atoms. The maximum atomic E-state index is 3.87. The van der Waals surface area contributed by atoms with E-state index in [9.17, 15) is 0 Å². The Bertz CT molecular complexity index is 2530. The van der Waals surface area contributed by atoms with E-state index in [-0.39, 0.29) is 0 Å². The van der Waals surface area contributed by atoms with Crippen LogP contribution in [0.4, 0.5) is 0 Å². The zero-order valence-corrected chi connectivity index (χ0v) is 24.5. The quantitative estimate of drug-likeness (QED) is 0.217. The molecule has 210 valence electrons. The molecule has 0 spiro atoms. The number of hydrogen-bond donors (Lipinski definition) is 1. The zero-order chi connectivity index (χ0) is 29.5. The van der Waals surface area contributed by atoms with Crippen LogP contribution < -0.4 is 0 Å². The van der Waals surface area contributed by atoms with Crippen LogP contribution in [0.3, 0.4) is 0 Å². The van der Waals surface area contributed by atoms with Crippen LogP contribution in [0.2, 0.25) is 0 Å². The van der Waals surface area contributed by atoms with Crippen LogP contribution in [0.15, 0.2) is 164 Å². The molecule has 0 atom stereocenters. The van der Waals surface area contributed by atoms with Crippen molar-refractivity contribution in [1.29, 1.82) is 0 Å². The van der Waals surface area contributed by atoms with Gasteiger partial charge in [-0.05, 0) is 75.8 Å². The normalized spacial score (nSPS) is 13.5. The zero-order valence-electron chi connectivity index (χ0n) is 24.5. The maximum Gasteiger partial charge on any atom is 0.0714 e. The van der Waals surface area contributed by atoms with Gasteiger partial charge >= 0.3 is 0 Å². The minimum Gasteiger partial charge on any atom is -0.354 e. The van der Waals surface area contributed by atoms with Gasteiger partial charge in [0.25, 0.3) is 0 Å². The van der Waals surface area contributed by atoms with Crippen molar-refractivity contribution in [2.45, 2.75) is 5.41 Å². The second-order valence-electron chi connectivity index (χ2n) is 12.2. The van der Waals surface area contributed by atoms with E-state index in [0.29, 0.717) is 0 Å². The van der Waals surface area contributed by atoms with Crippen LogP contribution in [0.5, 0.6) is 0 Å². The Hall–Kier alpha value is -5.86. The van der Waals surface area contributed by atoms with Gasteiger partial charge in [-0.15, -0.1) is 0 Å². The highest BCUT2D eigenvalue weighted by Crippen LogP contribution is 2.57. The van der Waals surface area contributed by atoms with E-state index in [2.05, 4.69) is 173 Å². The van der Waals surface area contributed by atoms with Crippen LogP contribution in [-0.4, -0.2) is 9.55 Å². The summed E-state index contributed by atoms with van der Waals surface area (Å²) < 4.78 is 2.40. The fourth-order valence-electron chi connectivity index (χ4n) is 8.16. The largest absolute Gasteiger partial charge is 0.354 e. The highest BCUT2D eigenvalue weighted by molar-refractivity contribution is 6.19. The number of nitrogens with zero attached hydrogens (tertiary/aromatic N) is 1. The number of hydrogen-bond acceptors (Lipinski definition) is 0. The van der Waals surface area contributed by atoms with Gasteiger partial charge in [0.15, 0.2) is 0 Å². The van der Waals surface area contributed by atoms with Crippen LogP contribution in [0, 0.1) is 0 Å². The number of benzene rings is 7. The van der Waals surface area contributed by atoms with Crippen molar-refractivity contribution in [1.82, 2.24) is 9.55 Å². The minimum absolute atomic E-state index is 0.412. The first-order valence-electron chi connectivity index (χ1n) is 15.6. The molecule has 2 aromatic heterocycles. The lowest BCUT2D eigenvalue weighted by Crippen LogP contribution is -2.28. The fraction of sp³-hybridized carbons (Fsp3) is 0.0233. The minimum atomic E-state index is -0.412. The monoisotopic (exact) mass is 572 g/mol. The number of para-hydroxylation sites is 2. The van der Waals surface area contributed by atoms with Gasteiger partial charge in [0.2, 0.25) is 0 Å². The third-order valence-corrected chi connectivity index (χ3v) is 9.98. The Morgan fingerprint density at radius 1 is 0.400 bits per heavy atom. The van der Waals surface area contributed by atoms with Gasteiger partial charge in [0.1, 0.15) is 0 Å². The summed E-state index contributed by atoms with van der Waals surface area (Å²) in [4.78, 5) is 3.87. The smallest absolute Gasteiger partial charge is 0.0714 e. The molecule has 9 aromatic rings. The lowest BCUT2D eigenvalue weighted by molar-refractivity contribution is 0.769. The van der Waals surface area contributed by atoms with Crippen molar-refractivity contribution in [2.75, 3.05) is 0 Å². The van der Waals surface area contributed by atoms with E-state index in [0.717, 1.165) is 11.0 Å². The summed E-state index contributed by atoms with van der Waals surface area (Å²) in [6.07, 6.45) is 0. The van der Waals surface area contributed by atoms with Crippen molar-refractivity contribution in [3.05, 3.63) is 186 Å². The van der Waals surface area contributed by atoms with Crippen LogP contribution in [0.25, 0.3) is 60.4 Å². The predicted molar refractivity (Wildman–Crippen MR) is 187 cm³/mol. The molecule has 0 saturated carbocycles. The first kappa shape index (κ1) is 24.6. The average Bonchev–Trinajstić information content (AvgIpc) is 3.73. The Labute approximate surface area is 260 Å². The predicted octanol–water partition coefficient (Wildman–Crippen LogP) is 10.8. The molecular formula is C43H28N2. The van der Waals surface area contributed by atoms with Crippen LogP contribution in [0.1, 0.15) is 22.3 Å². The molecule has 1 N–H and O–H groups in total. The third kappa shape index (κ3) is 3.23. The van der Waals surface area contributed by atoms with Gasteiger partial charge in [0.05, 0.1) is 16.4 Å². The van der Waals surface area contributed by atoms with Crippen molar-refractivity contribution in [3.8, 4) is 16.8 Å². The fourth-order valence-corrected chi connectivity index (χ4v) is 8.16. The second-order valence-corrected chi connectivity index (χ2v) is 12.2. The molecule has 0 saturated heterocycles. The van der Waals surface area contributed by atoms with Crippen LogP contribution in [-0.2, 0) is 5.41 Å². The second kappa shape index (κ2) is 9.07. The van der Waals surface area contributed by atoms with Crippen molar-refractivity contribution >= 4 is 43.6 Å².